The standard InChI is InChI=1S/Au.HO2P/c;1-3-2/h;(H,1,2). The number of hydrogen-bond acceptors (Lipinski definition) is 1. The molecule has 4 heavy (non-hydrogen) atoms. The Morgan fingerprint density at radius 1 is 1.75 bits per heavy atom. The average Bonchev–Trinajstić information content (AvgIpc) is 0.918. The predicted octanol–water partition coefficient (Wildman–Crippen LogP) is 0.183. The van der Waals surface area contributed by atoms with Crippen LogP contribution in [-0.2, 0) is 26.9 Å². The van der Waals surface area contributed by atoms with Gasteiger partial charge in [-0.25, -0.2) is 4.57 Å². The number of hydrogen-bond donors (Lipinski definition) is 1. The van der Waals surface area contributed by atoms with Crippen molar-refractivity contribution in [3.05, 3.63) is 0 Å². The molecule has 0 aromatic carbocycles. The van der Waals surface area contributed by atoms with Crippen molar-refractivity contribution in [2.45, 2.75) is 0 Å². The van der Waals surface area contributed by atoms with Gasteiger partial charge < -0.3 is 4.89 Å². The number of rotatable bonds is 0. The van der Waals surface area contributed by atoms with E-state index in [9.17, 15) is 0 Å². The van der Waals surface area contributed by atoms with Gasteiger partial charge in [0.2, 0.25) is 0 Å². The van der Waals surface area contributed by atoms with Crippen molar-refractivity contribution in [2.24, 2.45) is 0 Å². The van der Waals surface area contributed by atoms with E-state index in [0.717, 1.165) is 0 Å². The second kappa shape index (κ2) is 9.19. The summed E-state index contributed by atoms with van der Waals surface area (Å²) in [6, 6.07) is 0. The van der Waals surface area contributed by atoms with Crippen LogP contribution < -0.4 is 0 Å². The first kappa shape index (κ1) is 8.84. The van der Waals surface area contributed by atoms with Crippen LogP contribution in [0.1, 0.15) is 0 Å². The van der Waals surface area contributed by atoms with Crippen molar-refractivity contribution in [3.63, 3.8) is 0 Å². The summed E-state index contributed by atoms with van der Waals surface area (Å²) in [6.07, 6.45) is 0. The summed E-state index contributed by atoms with van der Waals surface area (Å²) < 4.78 is 8.46. The Hall–Kier alpha value is 0.800. The van der Waals surface area contributed by atoms with Crippen LogP contribution in [0.2, 0.25) is 0 Å². The van der Waals surface area contributed by atoms with Crippen molar-refractivity contribution < 1.29 is 31.8 Å². The third kappa shape index (κ3) is 14.2. The van der Waals surface area contributed by atoms with Gasteiger partial charge in [-0.15, -0.1) is 0 Å². The van der Waals surface area contributed by atoms with Gasteiger partial charge in [0, 0.05) is 22.4 Å². The van der Waals surface area contributed by atoms with Crippen LogP contribution in [0.3, 0.4) is 0 Å². The molecule has 1 N–H and O–H groups in total. The van der Waals surface area contributed by atoms with Crippen molar-refractivity contribution in [3.8, 4) is 0 Å². The molecule has 0 aromatic heterocycles. The summed E-state index contributed by atoms with van der Waals surface area (Å²) in [5.74, 6) is 0. The SMILES string of the molecule is O=PO.[Au]. The summed E-state index contributed by atoms with van der Waals surface area (Å²) in [7, 11) is -0.833. The zero-order valence-corrected chi connectivity index (χ0v) is 4.67. The summed E-state index contributed by atoms with van der Waals surface area (Å²) in [5, 5.41) is 0. The molecule has 0 aliphatic heterocycles. The molecule has 0 amide bonds. The summed E-state index contributed by atoms with van der Waals surface area (Å²) in [5.41, 5.74) is 0. The van der Waals surface area contributed by atoms with Crippen LogP contribution in [0.5, 0.6) is 0 Å². The third-order valence-electron chi connectivity index (χ3n) is 0. The van der Waals surface area contributed by atoms with Crippen LogP contribution in [0.4, 0.5) is 0 Å². The van der Waals surface area contributed by atoms with Crippen molar-refractivity contribution in [1.82, 2.24) is 0 Å². The maximum absolute atomic E-state index is 8.46. The molecule has 0 aliphatic carbocycles. The first-order chi connectivity index (χ1) is 1.41. The van der Waals surface area contributed by atoms with E-state index in [0.29, 0.717) is 0 Å². The molecule has 0 aliphatic rings. The van der Waals surface area contributed by atoms with Crippen molar-refractivity contribution >= 4 is 8.69 Å². The van der Waals surface area contributed by atoms with E-state index in [1.165, 1.54) is 0 Å². The normalized spacial score (nSPS) is 5.25. The summed E-state index contributed by atoms with van der Waals surface area (Å²) in [4.78, 5) is 6.99. The van der Waals surface area contributed by atoms with Crippen molar-refractivity contribution in [1.29, 1.82) is 0 Å². The van der Waals surface area contributed by atoms with Crippen LogP contribution in [0, 0.1) is 0 Å². The third-order valence-corrected chi connectivity index (χ3v) is 0. The molecule has 0 spiro atoms. The Kier molecular flexibility index (Phi) is 20.3. The first-order valence-corrected chi connectivity index (χ1v) is 1.15. The van der Waals surface area contributed by atoms with Gasteiger partial charge in [0.15, 0.2) is 0 Å². The van der Waals surface area contributed by atoms with E-state index >= 15 is 0 Å². The molecule has 4 heteroatoms. The fourth-order valence-corrected chi connectivity index (χ4v) is 0. The van der Waals surface area contributed by atoms with E-state index < -0.39 is 8.69 Å². The molecule has 0 aromatic rings. The van der Waals surface area contributed by atoms with Gasteiger partial charge in [0.1, 0.15) is 0 Å². The molecule has 0 heterocycles. The fraction of sp³-hybridized carbons (Fsp3) is 0. The van der Waals surface area contributed by atoms with Gasteiger partial charge in [-0.05, 0) is 0 Å². The zero-order chi connectivity index (χ0) is 2.71. The Morgan fingerprint density at radius 2 is 1.75 bits per heavy atom. The van der Waals surface area contributed by atoms with Gasteiger partial charge >= 0.3 is 8.69 Å². The summed E-state index contributed by atoms with van der Waals surface area (Å²) in [6.45, 7) is 0. The van der Waals surface area contributed by atoms with Crippen LogP contribution in [0.25, 0.3) is 0 Å². The van der Waals surface area contributed by atoms with Gasteiger partial charge in [-0.1, -0.05) is 0 Å². The zero-order valence-electron chi connectivity index (χ0n) is 1.60. The molecule has 0 atom stereocenters. The minimum Gasteiger partial charge on any atom is -0.310 e. The predicted molar refractivity (Wildman–Crippen MR) is 9.83 cm³/mol. The van der Waals surface area contributed by atoms with E-state index in [1.807, 2.05) is 0 Å². The topological polar surface area (TPSA) is 37.3 Å². The molecule has 2 nitrogen and oxygen atoms in total. The Balaban J connectivity index is 0. The minimum absolute atomic E-state index is 0. The second-order valence-corrected chi connectivity index (χ2v) is 0.245. The maximum atomic E-state index is 8.46. The Bertz CT molecular complexity index is 13.5. The molecule has 0 unspecified atom stereocenters. The molecule has 0 bridgehead atoms. The summed E-state index contributed by atoms with van der Waals surface area (Å²) >= 11 is 0. The molecule has 0 saturated carbocycles. The van der Waals surface area contributed by atoms with Gasteiger partial charge in [0.25, 0.3) is 0 Å². The molecule has 0 fully saturated rings. The van der Waals surface area contributed by atoms with E-state index in [2.05, 4.69) is 0 Å². The maximum Gasteiger partial charge on any atom is 0.324 e. The molecule has 1 radical (unpaired) electrons. The van der Waals surface area contributed by atoms with Crippen LogP contribution >= 0.6 is 8.69 Å². The fourth-order valence-electron chi connectivity index (χ4n) is 0. The monoisotopic (exact) mass is 261 g/mol. The van der Waals surface area contributed by atoms with E-state index in [4.69, 9.17) is 9.46 Å². The second-order valence-electron chi connectivity index (χ2n) is 0.0816. The molecule has 0 rings (SSSR count). The Labute approximate surface area is 41.0 Å². The van der Waals surface area contributed by atoms with Crippen LogP contribution in [-0.4, -0.2) is 4.89 Å². The average molecular weight is 261 g/mol. The molecular formula is HAuO2P. The first-order valence-electron chi connectivity index (χ1n) is 0.383. The van der Waals surface area contributed by atoms with Crippen molar-refractivity contribution in [2.75, 3.05) is 0 Å². The molecular weight excluding hydrogens is 260 g/mol. The molecule has 29 valence electrons. The molecule has 0 saturated heterocycles. The largest absolute Gasteiger partial charge is 0.324 e. The Morgan fingerprint density at radius 3 is 1.75 bits per heavy atom. The minimum atomic E-state index is -0.833. The quantitative estimate of drug-likeness (QED) is 0.499. The van der Waals surface area contributed by atoms with Gasteiger partial charge in [-0.3, -0.25) is 0 Å². The van der Waals surface area contributed by atoms with E-state index in [1.54, 1.807) is 0 Å². The van der Waals surface area contributed by atoms with Crippen LogP contribution in [0.15, 0.2) is 0 Å². The van der Waals surface area contributed by atoms with Gasteiger partial charge in [-0.2, -0.15) is 0 Å². The smallest absolute Gasteiger partial charge is 0.310 e. The van der Waals surface area contributed by atoms with Gasteiger partial charge in [0.05, 0.1) is 0 Å². The van der Waals surface area contributed by atoms with E-state index in [-0.39, 0.29) is 22.4 Å².